The van der Waals surface area contributed by atoms with Gasteiger partial charge in [-0.1, -0.05) is 84.4 Å². The zero-order valence-electron chi connectivity index (χ0n) is 15.4. The largest absolute Gasteiger partial charge is 0.457 e. The number of rotatable bonds is 5. The van der Waals surface area contributed by atoms with E-state index in [4.69, 9.17) is 16.3 Å². The minimum atomic E-state index is -0.463. The highest BCUT2D eigenvalue weighted by Crippen LogP contribution is 2.24. The Labute approximate surface area is 168 Å². The zero-order chi connectivity index (χ0) is 19.5. The summed E-state index contributed by atoms with van der Waals surface area (Å²) >= 11 is 6.45. The summed E-state index contributed by atoms with van der Waals surface area (Å²) in [5, 5.41) is 6.89. The lowest BCUT2D eigenvalue weighted by Crippen LogP contribution is -2.07. The number of halogens is 1. The first-order valence-electron chi connectivity index (χ1n) is 9.04. The number of nitrogens with zero attached hydrogens (tertiary/aromatic N) is 2. The van der Waals surface area contributed by atoms with Crippen LogP contribution in [0, 0.1) is 6.92 Å². The summed E-state index contributed by atoms with van der Waals surface area (Å²) in [4.78, 5) is 12.7. The summed E-state index contributed by atoms with van der Waals surface area (Å²) in [5.41, 5.74) is 2.89. The Morgan fingerprint density at radius 3 is 2.54 bits per heavy atom. The van der Waals surface area contributed by atoms with Crippen LogP contribution in [0.5, 0.6) is 0 Å². The number of esters is 1. The van der Waals surface area contributed by atoms with E-state index in [1.807, 2.05) is 72.8 Å². The van der Waals surface area contributed by atoms with Gasteiger partial charge in [0.15, 0.2) is 0 Å². The van der Waals surface area contributed by atoms with E-state index in [1.54, 1.807) is 11.6 Å². The second-order valence-electron chi connectivity index (χ2n) is 6.61. The van der Waals surface area contributed by atoms with Crippen LogP contribution in [0.1, 0.15) is 27.2 Å². The normalized spacial score (nSPS) is 10.9. The fraction of sp³-hybridized carbons (Fsp3) is 0.130. The number of hydrogen-bond acceptors (Lipinski definition) is 3. The maximum Gasteiger partial charge on any atom is 0.343 e. The van der Waals surface area contributed by atoms with Crippen LogP contribution in [0.2, 0.25) is 5.15 Å². The highest BCUT2D eigenvalue weighted by atomic mass is 35.5. The van der Waals surface area contributed by atoms with Gasteiger partial charge in [-0.2, -0.15) is 5.10 Å². The number of hydrogen-bond donors (Lipinski definition) is 0. The number of benzene rings is 3. The van der Waals surface area contributed by atoms with Gasteiger partial charge in [0.1, 0.15) is 17.3 Å². The maximum absolute atomic E-state index is 12.7. The van der Waals surface area contributed by atoms with Crippen LogP contribution in [0.15, 0.2) is 72.8 Å². The second-order valence-corrected chi connectivity index (χ2v) is 6.97. The van der Waals surface area contributed by atoms with Gasteiger partial charge in [-0.25, -0.2) is 9.48 Å². The van der Waals surface area contributed by atoms with Gasteiger partial charge in [0.25, 0.3) is 0 Å². The fourth-order valence-corrected chi connectivity index (χ4v) is 3.59. The zero-order valence-corrected chi connectivity index (χ0v) is 16.2. The molecule has 4 rings (SSSR count). The molecule has 28 heavy (non-hydrogen) atoms. The lowest BCUT2D eigenvalue weighted by atomic mass is 10.1. The summed E-state index contributed by atoms with van der Waals surface area (Å²) in [5.74, 6) is -0.463. The molecule has 4 nitrogen and oxygen atoms in total. The molecule has 0 spiro atoms. The third-order valence-corrected chi connectivity index (χ3v) is 5.07. The lowest BCUT2D eigenvalue weighted by molar-refractivity contribution is 0.0473. The molecule has 0 radical (unpaired) electrons. The Kier molecular flexibility index (Phi) is 5.13. The van der Waals surface area contributed by atoms with Crippen LogP contribution >= 0.6 is 11.6 Å². The quantitative estimate of drug-likeness (QED) is 0.428. The number of ether oxygens (including phenoxy) is 1. The molecule has 0 aliphatic rings. The molecule has 0 atom stereocenters. The summed E-state index contributed by atoms with van der Waals surface area (Å²) in [6, 6.07) is 23.8. The van der Waals surface area contributed by atoms with Crippen molar-refractivity contribution in [3.05, 3.63) is 100 Å². The number of aryl methyl sites for hydroxylation is 1. The van der Waals surface area contributed by atoms with Crippen molar-refractivity contribution in [2.75, 3.05) is 0 Å². The van der Waals surface area contributed by atoms with Crippen molar-refractivity contribution in [3.8, 4) is 0 Å². The molecule has 1 heterocycles. The van der Waals surface area contributed by atoms with Crippen LogP contribution in [0.25, 0.3) is 10.8 Å². The van der Waals surface area contributed by atoms with Crippen LogP contribution in [-0.2, 0) is 17.9 Å². The minimum absolute atomic E-state index is 0.180. The summed E-state index contributed by atoms with van der Waals surface area (Å²) in [6.07, 6.45) is 0. The molecule has 0 bridgehead atoms. The molecule has 0 amide bonds. The van der Waals surface area contributed by atoms with E-state index >= 15 is 0 Å². The molecule has 4 aromatic rings. The van der Waals surface area contributed by atoms with E-state index in [0.29, 0.717) is 23.0 Å². The Morgan fingerprint density at radius 2 is 1.71 bits per heavy atom. The average molecular weight is 391 g/mol. The van der Waals surface area contributed by atoms with Crippen molar-refractivity contribution in [1.82, 2.24) is 9.78 Å². The summed E-state index contributed by atoms with van der Waals surface area (Å²) < 4.78 is 7.20. The number of carbonyl (C=O) groups is 1. The van der Waals surface area contributed by atoms with Crippen molar-refractivity contribution < 1.29 is 9.53 Å². The second kappa shape index (κ2) is 7.87. The van der Waals surface area contributed by atoms with E-state index in [1.165, 1.54) is 0 Å². The van der Waals surface area contributed by atoms with Gasteiger partial charge < -0.3 is 4.74 Å². The Balaban J connectivity index is 1.53. The highest BCUT2D eigenvalue weighted by Gasteiger charge is 2.22. The van der Waals surface area contributed by atoms with Crippen molar-refractivity contribution in [2.24, 2.45) is 0 Å². The van der Waals surface area contributed by atoms with Crippen molar-refractivity contribution in [2.45, 2.75) is 20.1 Å². The average Bonchev–Trinajstić information content (AvgIpc) is 3.00. The standard InChI is InChI=1S/C23H19ClN2O2/c1-16-21(22(24)26(25-16)14-17-8-3-2-4-9-17)23(27)28-15-19-12-7-11-18-10-5-6-13-20(18)19/h2-13H,14-15H2,1H3. The van der Waals surface area contributed by atoms with Crippen LogP contribution in [0.4, 0.5) is 0 Å². The molecule has 0 fully saturated rings. The third kappa shape index (κ3) is 3.64. The van der Waals surface area contributed by atoms with Crippen LogP contribution in [0.3, 0.4) is 0 Å². The first-order chi connectivity index (χ1) is 13.6. The molecular weight excluding hydrogens is 372 g/mol. The van der Waals surface area contributed by atoms with Crippen LogP contribution < -0.4 is 0 Å². The number of carbonyl (C=O) groups excluding carboxylic acids is 1. The van der Waals surface area contributed by atoms with Gasteiger partial charge in [-0.3, -0.25) is 0 Å². The molecular formula is C23H19ClN2O2. The number of aromatic nitrogens is 2. The monoisotopic (exact) mass is 390 g/mol. The molecule has 5 heteroatoms. The SMILES string of the molecule is Cc1nn(Cc2ccccc2)c(Cl)c1C(=O)OCc1cccc2ccccc12. The van der Waals surface area contributed by atoms with E-state index in [0.717, 1.165) is 21.9 Å². The van der Waals surface area contributed by atoms with Crippen LogP contribution in [-0.4, -0.2) is 15.7 Å². The van der Waals surface area contributed by atoms with Gasteiger partial charge in [-0.05, 0) is 28.8 Å². The minimum Gasteiger partial charge on any atom is -0.457 e. The molecule has 0 aliphatic heterocycles. The van der Waals surface area contributed by atoms with Gasteiger partial charge >= 0.3 is 5.97 Å². The van der Waals surface area contributed by atoms with Crippen molar-refractivity contribution in [3.63, 3.8) is 0 Å². The molecule has 0 N–H and O–H groups in total. The molecule has 0 unspecified atom stereocenters. The van der Waals surface area contributed by atoms with Gasteiger partial charge in [0, 0.05) is 0 Å². The predicted octanol–water partition coefficient (Wildman–Crippen LogP) is 5.40. The summed E-state index contributed by atoms with van der Waals surface area (Å²) in [7, 11) is 0. The van der Waals surface area contributed by atoms with E-state index in [9.17, 15) is 4.79 Å². The van der Waals surface area contributed by atoms with Gasteiger partial charge in [-0.15, -0.1) is 0 Å². The first kappa shape index (κ1) is 18.3. The van der Waals surface area contributed by atoms with E-state index < -0.39 is 5.97 Å². The lowest BCUT2D eigenvalue weighted by Gasteiger charge is -2.08. The summed E-state index contributed by atoms with van der Waals surface area (Å²) in [6.45, 7) is 2.44. The Hall–Kier alpha value is -3.11. The Morgan fingerprint density at radius 1 is 1.00 bits per heavy atom. The maximum atomic E-state index is 12.7. The van der Waals surface area contributed by atoms with E-state index in [2.05, 4.69) is 5.10 Å². The molecule has 0 saturated heterocycles. The molecule has 0 saturated carbocycles. The first-order valence-corrected chi connectivity index (χ1v) is 9.42. The van der Waals surface area contributed by atoms with Crippen molar-refractivity contribution in [1.29, 1.82) is 0 Å². The molecule has 3 aromatic carbocycles. The molecule has 1 aromatic heterocycles. The van der Waals surface area contributed by atoms with Gasteiger partial charge in [0.05, 0.1) is 12.2 Å². The van der Waals surface area contributed by atoms with E-state index in [-0.39, 0.29) is 6.61 Å². The predicted molar refractivity (Wildman–Crippen MR) is 111 cm³/mol. The highest BCUT2D eigenvalue weighted by molar-refractivity contribution is 6.32. The van der Waals surface area contributed by atoms with Crippen molar-refractivity contribution >= 4 is 28.3 Å². The Bertz CT molecular complexity index is 1130. The van der Waals surface area contributed by atoms with Gasteiger partial charge in [0.2, 0.25) is 0 Å². The molecule has 0 aliphatic carbocycles. The smallest absolute Gasteiger partial charge is 0.343 e. The third-order valence-electron chi connectivity index (χ3n) is 4.68. The molecule has 140 valence electrons. The number of fused-ring (bicyclic) bond motifs is 1. The fourth-order valence-electron chi connectivity index (χ4n) is 3.28. The topological polar surface area (TPSA) is 44.1 Å².